The second-order valence-corrected chi connectivity index (χ2v) is 7.73. The van der Waals surface area contributed by atoms with Gasteiger partial charge in [0.05, 0.1) is 6.54 Å². The minimum Gasteiger partial charge on any atom is -0.348 e. The number of likely N-dealkylation sites (tertiary alicyclic amines) is 1. The summed E-state index contributed by atoms with van der Waals surface area (Å²) in [7, 11) is 3.17. The number of nitrogens with zero attached hydrogens (tertiary/aromatic N) is 2. The van der Waals surface area contributed by atoms with Gasteiger partial charge in [0.25, 0.3) is 5.91 Å². The van der Waals surface area contributed by atoms with Crippen LogP contribution in [0.5, 0.6) is 0 Å². The molecule has 2 aromatic carbocycles. The number of quaternary nitrogens is 1. The minimum absolute atomic E-state index is 0.0104. The Morgan fingerprint density at radius 3 is 2.33 bits per heavy atom. The summed E-state index contributed by atoms with van der Waals surface area (Å²) < 4.78 is 40.8. The van der Waals surface area contributed by atoms with E-state index < -0.39 is 29.8 Å². The number of alkyl halides is 1. The highest BCUT2D eigenvalue weighted by molar-refractivity contribution is 5.92. The first-order chi connectivity index (χ1) is 14.2. The molecular formula is C22H25F3N3O2+. The van der Waals surface area contributed by atoms with Crippen LogP contribution in [-0.4, -0.2) is 61.0 Å². The summed E-state index contributed by atoms with van der Waals surface area (Å²) >= 11 is 0. The number of likely N-dealkylation sites (N-methyl/N-ethyl adjacent to an activating group) is 1. The molecule has 1 aliphatic rings. The normalized spacial score (nSPS) is 18.2. The number of benzene rings is 2. The molecule has 1 saturated heterocycles. The van der Waals surface area contributed by atoms with Crippen LogP contribution >= 0.6 is 0 Å². The highest BCUT2D eigenvalue weighted by Crippen LogP contribution is 2.28. The van der Waals surface area contributed by atoms with Crippen molar-refractivity contribution in [2.75, 3.05) is 27.2 Å². The van der Waals surface area contributed by atoms with Crippen LogP contribution in [0.25, 0.3) is 11.1 Å². The molecule has 3 N–H and O–H groups in total. The zero-order valence-corrected chi connectivity index (χ0v) is 16.9. The molecule has 0 bridgehead atoms. The smallest absolute Gasteiger partial charge is 0.282 e. The topological polar surface area (TPSA) is 68.3 Å². The SMILES string of the molecule is CN(C)C(=O)[C@@H](c1ccc(-c2ccc(F)cc2F)cc1)[C@H]([NH3+])C(=O)N1CC[C@H](F)C1. The van der Waals surface area contributed by atoms with Gasteiger partial charge in [-0.3, -0.25) is 9.59 Å². The lowest BCUT2D eigenvalue weighted by atomic mass is 9.88. The molecule has 3 atom stereocenters. The number of halogens is 3. The average molecular weight is 420 g/mol. The molecule has 1 heterocycles. The van der Waals surface area contributed by atoms with E-state index in [2.05, 4.69) is 5.73 Å². The van der Waals surface area contributed by atoms with Crippen molar-refractivity contribution >= 4 is 11.8 Å². The Hall–Kier alpha value is -2.87. The number of carbonyl (C=O) groups is 2. The molecule has 3 rings (SSSR count). The summed E-state index contributed by atoms with van der Waals surface area (Å²) in [6.45, 7) is 0.314. The van der Waals surface area contributed by atoms with Crippen molar-refractivity contribution < 1.29 is 28.5 Å². The molecule has 0 radical (unpaired) electrons. The van der Waals surface area contributed by atoms with Crippen LogP contribution in [0.1, 0.15) is 17.9 Å². The maximum Gasteiger partial charge on any atom is 0.282 e. The van der Waals surface area contributed by atoms with Crippen LogP contribution in [0.4, 0.5) is 13.2 Å². The van der Waals surface area contributed by atoms with Crippen LogP contribution in [0.15, 0.2) is 42.5 Å². The first-order valence-corrected chi connectivity index (χ1v) is 9.71. The summed E-state index contributed by atoms with van der Waals surface area (Å²) in [6.07, 6.45) is -0.781. The molecular weight excluding hydrogens is 395 g/mol. The lowest BCUT2D eigenvalue weighted by Gasteiger charge is -2.26. The summed E-state index contributed by atoms with van der Waals surface area (Å²) in [5.74, 6) is -2.90. The highest BCUT2D eigenvalue weighted by Gasteiger charge is 2.40. The molecule has 0 saturated carbocycles. The van der Waals surface area contributed by atoms with Gasteiger partial charge in [0.15, 0.2) is 6.04 Å². The van der Waals surface area contributed by atoms with Crippen molar-refractivity contribution in [3.05, 3.63) is 59.7 Å². The van der Waals surface area contributed by atoms with Gasteiger partial charge in [-0.2, -0.15) is 0 Å². The first kappa shape index (κ1) is 21.8. The van der Waals surface area contributed by atoms with Crippen molar-refractivity contribution in [2.24, 2.45) is 0 Å². The van der Waals surface area contributed by atoms with Gasteiger partial charge in [-0.1, -0.05) is 24.3 Å². The van der Waals surface area contributed by atoms with E-state index in [4.69, 9.17) is 0 Å². The van der Waals surface area contributed by atoms with E-state index in [-0.39, 0.29) is 30.3 Å². The van der Waals surface area contributed by atoms with Gasteiger partial charge >= 0.3 is 0 Å². The van der Waals surface area contributed by atoms with Gasteiger partial charge in [-0.05, 0) is 29.7 Å². The standard InChI is InChI=1S/C22H24F3N3O2/c1-27(2)21(29)19(20(26)22(30)28-10-9-16(24)12-28)14-5-3-13(4-6-14)17-8-7-15(23)11-18(17)25/h3-8,11,16,19-20H,9-10,12,26H2,1-2H3/p+1/t16-,19-,20-/m0/s1. The van der Waals surface area contributed by atoms with Crippen LogP contribution < -0.4 is 5.73 Å². The summed E-state index contributed by atoms with van der Waals surface area (Å²) in [5, 5.41) is 0. The largest absolute Gasteiger partial charge is 0.348 e. The fourth-order valence-electron chi connectivity index (χ4n) is 3.71. The van der Waals surface area contributed by atoms with Crippen molar-refractivity contribution in [1.29, 1.82) is 0 Å². The summed E-state index contributed by atoms with van der Waals surface area (Å²) in [5.41, 5.74) is 5.22. The quantitative estimate of drug-likeness (QED) is 0.804. The van der Waals surface area contributed by atoms with Gasteiger partial charge in [-0.25, -0.2) is 13.2 Å². The van der Waals surface area contributed by atoms with Crippen LogP contribution in [-0.2, 0) is 9.59 Å². The Bertz CT molecular complexity index is 934. The molecule has 8 heteroatoms. The van der Waals surface area contributed by atoms with Gasteiger partial charge in [0, 0.05) is 32.3 Å². The third-order valence-corrected chi connectivity index (χ3v) is 5.38. The van der Waals surface area contributed by atoms with Gasteiger partial charge < -0.3 is 15.5 Å². The molecule has 1 aliphatic heterocycles. The minimum atomic E-state index is -1.06. The molecule has 0 spiro atoms. The number of rotatable bonds is 5. The lowest BCUT2D eigenvalue weighted by molar-refractivity contribution is -0.409. The fourth-order valence-corrected chi connectivity index (χ4v) is 3.71. The zero-order valence-electron chi connectivity index (χ0n) is 16.9. The van der Waals surface area contributed by atoms with E-state index in [1.54, 1.807) is 38.4 Å². The summed E-state index contributed by atoms with van der Waals surface area (Å²) in [6, 6.07) is 8.90. The molecule has 1 fully saturated rings. The number of amides is 2. The molecule has 30 heavy (non-hydrogen) atoms. The Kier molecular flexibility index (Phi) is 6.45. The second kappa shape index (κ2) is 8.87. The molecule has 160 valence electrons. The average Bonchev–Trinajstić information content (AvgIpc) is 3.14. The third kappa shape index (κ3) is 4.48. The van der Waals surface area contributed by atoms with Gasteiger partial charge in [0.1, 0.15) is 23.7 Å². The van der Waals surface area contributed by atoms with Gasteiger partial charge in [-0.15, -0.1) is 0 Å². The van der Waals surface area contributed by atoms with Crippen LogP contribution in [0, 0.1) is 11.6 Å². The number of carbonyl (C=O) groups excluding carboxylic acids is 2. The van der Waals surface area contributed by atoms with E-state index in [0.717, 1.165) is 6.07 Å². The Morgan fingerprint density at radius 2 is 1.80 bits per heavy atom. The predicted octanol–water partition coefficient (Wildman–Crippen LogP) is 1.98. The van der Waals surface area contributed by atoms with E-state index >= 15 is 0 Å². The maximum atomic E-state index is 14.1. The van der Waals surface area contributed by atoms with Crippen molar-refractivity contribution in [3.63, 3.8) is 0 Å². The summed E-state index contributed by atoms with van der Waals surface area (Å²) in [4.78, 5) is 28.5. The fraction of sp³-hybridized carbons (Fsp3) is 0.364. The molecule has 0 aliphatic carbocycles. The van der Waals surface area contributed by atoms with Crippen LogP contribution in [0.3, 0.4) is 0 Å². The molecule has 2 aromatic rings. The van der Waals surface area contributed by atoms with Crippen molar-refractivity contribution in [1.82, 2.24) is 9.80 Å². The molecule has 5 nitrogen and oxygen atoms in total. The maximum absolute atomic E-state index is 14.1. The van der Waals surface area contributed by atoms with Crippen molar-refractivity contribution in [2.45, 2.75) is 24.6 Å². The van der Waals surface area contributed by atoms with E-state index in [0.29, 0.717) is 17.7 Å². The highest BCUT2D eigenvalue weighted by atomic mass is 19.1. The van der Waals surface area contributed by atoms with E-state index in [9.17, 15) is 22.8 Å². The Labute approximate surface area is 173 Å². The third-order valence-electron chi connectivity index (χ3n) is 5.38. The first-order valence-electron chi connectivity index (χ1n) is 9.71. The Morgan fingerprint density at radius 1 is 1.13 bits per heavy atom. The molecule has 2 amide bonds. The number of hydrogen-bond acceptors (Lipinski definition) is 2. The van der Waals surface area contributed by atoms with Crippen molar-refractivity contribution in [3.8, 4) is 11.1 Å². The molecule has 0 aromatic heterocycles. The second-order valence-electron chi connectivity index (χ2n) is 7.73. The van der Waals surface area contributed by atoms with E-state index in [1.807, 2.05) is 0 Å². The van der Waals surface area contributed by atoms with Crippen LogP contribution in [0.2, 0.25) is 0 Å². The lowest BCUT2D eigenvalue weighted by Crippen LogP contribution is -2.71. The molecule has 0 unspecified atom stereocenters. The Balaban J connectivity index is 1.90. The number of hydrogen-bond donors (Lipinski definition) is 1. The van der Waals surface area contributed by atoms with Gasteiger partial charge in [0.2, 0.25) is 5.91 Å². The monoisotopic (exact) mass is 420 g/mol. The predicted molar refractivity (Wildman–Crippen MR) is 106 cm³/mol. The zero-order chi connectivity index (χ0) is 22.0. The van der Waals surface area contributed by atoms with E-state index in [1.165, 1.54) is 21.9 Å².